The van der Waals surface area contributed by atoms with Crippen molar-refractivity contribution in [2.75, 3.05) is 13.2 Å². The predicted octanol–water partition coefficient (Wildman–Crippen LogP) is 5.72. The van der Waals surface area contributed by atoms with Gasteiger partial charge in [-0.1, -0.05) is 24.3 Å². The molecule has 0 saturated carbocycles. The van der Waals surface area contributed by atoms with Crippen molar-refractivity contribution < 1.29 is 29.2 Å². The second-order valence-corrected chi connectivity index (χ2v) is 10.1. The van der Waals surface area contributed by atoms with E-state index in [0.29, 0.717) is 30.5 Å². The Kier molecular flexibility index (Phi) is 5.84. The summed E-state index contributed by atoms with van der Waals surface area (Å²) < 4.78 is 17.7. The van der Waals surface area contributed by atoms with Gasteiger partial charge >= 0.3 is 5.97 Å². The number of ether oxygens (including phenoxy) is 3. The number of carboxylic acid groups (broad SMARTS) is 1. The summed E-state index contributed by atoms with van der Waals surface area (Å²) in [5, 5.41) is 19.8. The summed E-state index contributed by atoms with van der Waals surface area (Å²) in [6, 6.07) is 15.9. The highest BCUT2D eigenvalue weighted by molar-refractivity contribution is 5.77. The highest BCUT2D eigenvalue weighted by Crippen LogP contribution is 2.51. The van der Waals surface area contributed by atoms with Gasteiger partial charge in [0, 0.05) is 35.6 Å². The van der Waals surface area contributed by atoms with Crippen molar-refractivity contribution in [2.45, 2.75) is 57.2 Å². The number of carbonyl (C=O) groups is 1. The number of carboxylic acids is 1. The molecule has 0 aromatic heterocycles. The number of benzene rings is 3. The highest BCUT2D eigenvalue weighted by atomic mass is 16.5. The van der Waals surface area contributed by atoms with Crippen molar-refractivity contribution in [2.24, 2.45) is 0 Å². The lowest BCUT2D eigenvalue weighted by atomic mass is 9.69. The van der Waals surface area contributed by atoms with Crippen LogP contribution in [0, 0.1) is 6.92 Å². The van der Waals surface area contributed by atoms with Gasteiger partial charge in [-0.3, -0.25) is 4.79 Å². The third kappa shape index (κ3) is 4.09. The van der Waals surface area contributed by atoms with Crippen LogP contribution in [0.1, 0.15) is 58.9 Å². The Morgan fingerprint density at radius 3 is 2.86 bits per heavy atom. The predicted molar refractivity (Wildman–Crippen MR) is 135 cm³/mol. The maximum Gasteiger partial charge on any atom is 0.304 e. The van der Waals surface area contributed by atoms with E-state index in [1.165, 1.54) is 11.1 Å². The zero-order valence-electron chi connectivity index (χ0n) is 20.3. The molecule has 1 saturated heterocycles. The second kappa shape index (κ2) is 9.17. The normalized spacial score (nSPS) is 21.9. The first-order valence-electron chi connectivity index (χ1n) is 12.7. The van der Waals surface area contributed by atoms with Crippen LogP contribution in [-0.2, 0) is 22.6 Å². The largest absolute Gasteiger partial charge is 0.508 e. The highest BCUT2D eigenvalue weighted by Gasteiger charge is 2.40. The smallest absolute Gasteiger partial charge is 0.304 e. The first kappa shape index (κ1) is 22.9. The van der Waals surface area contributed by atoms with Crippen molar-refractivity contribution in [3.05, 3.63) is 76.3 Å². The Bertz CT molecular complexity index is 1320. The van der Waals surface area contributed by atoms with E-state index in [9.17, 15) is 9.90 Å². The van der Waals surface area contributed by atoms with Gasteiger partial charge in [-0.25, -0.2) is 0 Å². The molecule has 1 fully saturated rings. The molecular weight excluding hydrogens is 456 g/mol. The minimum absolute atomic E-state index is 0.0643. The van der Waals surface area contributed by atoms with Gasteiger partial charge in [-0.15, -0.1) is 0 Å². The van der Waals surface area contributed by atoms with E-state index in [0.717, 1.165) is 53.7 Å². The molecule has 3 aromatic rings. The lowest BCUT2D eigenvalue weighted by Crippen LogP contribution is -2.29. The summed E-state index contributed by atoms with van der Waals surface area (Å²) >= 11 is 0. The number of hydrogen-bond donors (Lipinski definition) is 2. The maximum atomic E-state index is 11.1. The minimum atomic E-state index is -0.821. The summed E-state index contributed by atoms with van der Waals surface area (Å²) in [6.45, 7) is 3.66. The second-order valence-electron chi connectivity index (χ2n) is 10.1. The van der Waals surface area contributed by atoms with Crippen LogP contribution < -0.4 is 9.47 Å². The number of fused-ring (bicyclic) bond motifs is 2. The summed E-state index contributed by atoms with van der Waals surface area (Å²) in [5.74, 6) is 1.13. The molecule has 6 heteroatoms. The van der Waals surface area contributed by atoms with Crippen molar-refractivity contribution >= 4 is 5.97 Å². The number of phenols is 1. The average Bonchev–Trinajstić information content (AvgIpc) is 3.49. The number of rotatable bonds is 7. The van der Waals surface area contributed by atoms with Gasteiger partial charge in [0.2, 0.25) is 0 Å². The molecule has 36 heavy (non-hydrogen) atoms. The van der Waals surface area contributed by atoms with E-state index in [-0.39, 0.29) is 24.4 Å². The quantitative estimate of drug-likeness (QED) is 0.445. The lowest BCUT2D eigenvalue weighted by molar-refractivity contribution is -0.137. The molecule has 3 aromatic carbocycles. The fourth-order valence-corrected chi connectivity index (χ4v) is 6.05. The summed E-state index contributed by atoms with van der Waals surface area (Å²) in [4.78, 5) is 11.1. The molecule has 1 aliphatic carbocycles. The molecule has 0 spiro atoms. The molecule has 3 unspecified atom stereocenters. The van der Waals surface area contributed by atoms with Gasteiger partial charge in [-0.2, -0.15) is 0 Å². The first-order chi connectivity index (χ1) is 17.5. The number of aliphatic carboxylic acids is 1. The summed E-state index contributed by atoms with van der Waals surface area (Å²) in [5.41, 5.74) is 7.67. The Hall–Kier alpha value is -3.51. The van der Waals surface area contributed by atoms with Crippen LogP contribution in [-0.4, -0.2) is 35.5 Å². The zero-order valence-corrected chi connectivity index (χ0v) is 20.3. The first-order valence-corrected chi connectivity index (χ1v) is 12.7. The van der Waals surface area contributed by atoms with Crippen LogP contribution in [0.5, 0.6) is 17.2 Å². The van der Waals surface area contributed by atoms with Gasteiger partial charge in [-0.05, 0) is 72.2 Å². The Morgan fingerprint density at radius 1 is 1.17 bits per heavy atom. The Balaban J connectivity index is 1.20. The molecule has 186 valence electrons. The Labute approximate surface area is 210 Å². The van der Waals surface area contributed by atoms with Crippen LogP contribution in [0.3, 0.4) is 0 Å². The monoisotopic (exact) mass is 486 g/mol. The van der Waals surface area contributed by atoms with Gasteiger partial charge in [0.15, 0.2) is 0 Å². The molecule has 0 radical (unpaired) electrons. The average molecular weight is 487 g/mol. The van der Waals surface area contributed by atoms with Gasteiger partial charge in [0.05, 0.1) is 19.1 Å². The molecule has 6 rings (SSSR count). The molecule has 3 aliphatic rings. The minimum Gasteiger partial charge on any atom is -0.508 e. The topological polar surface area (TPSA) is 85.2 Å². The molecule has 0 bridgehead atoms. The van der Waals surface area contributed by atoms with Crippen molar-refractivity contribution in [1.29, 1.82) is 0 Å². The molecule has 3 atom stereocenters. The van der Waals surface area contributed by atoms with Crippen LogP contribution in [0.15, 0.2) is 48.5 Å². The zero-order chi connectivity index (χ0) is 24.8. The van der Waals surface area contributed by atoms with E-state index in [4.69, 9.17) is 19.3 Å². The standard InChI is InChI=1S/C30H30O6/c1-17-10-25(31)30-23(26-6-3-9-34-26)14-24(30)29(17)19-5-2-4-18(11-19)15-35-21-7-8-22-20(12-28(32)33)16-36-27(22)13-21/h2,4-5,7-8,10-11,13,20,23,26,31H,3,6,9,12,14-16H2,1H3,(H,32,33). The summed E-state index contributed by atoms with van der Waals surface area (Å²) in [6.07, 6.45) is 3.37. The summed E-state index contributed by atoms with van der Waals surface area (Å²) in [7, 11) is 0. The van der Waals surface area contributed by atoms with E-state index in [1.807, 2.05) is 36.4 Å². The number of aromatic hydroxyl groups is 1. The van der Waals surface area contributed by atoms with Gasteiger partial charge < -0.3 is 24.4 Å². The lowest BCUT2D eigenvalue weighted by Gasteiger charge is -2.37. The number of phenolic OH excluding ortho intramolecular Hbond substituents is 1. The van der Waals surface area contributed by atoms with E-state index < -0.39 is 5.97 Å². The van der Waals surface area contributed by atoms with Crippen molar-refractivity contribution in [3.63, 3.8) is 0 Å². The molecule has 0 amide bonds. The fourth-order valence-electron chi connectivity index (χ4n) is 6.05. The number of aryl methyl sites for hydroxylation is 1. The fraction of sp³-hybridized carbons (Fsp3) is 0.367. The van der Waals surface area contributed by atoms with E-state index in [2.05, 4.69) is 19.1 Å². The number of hydrogen-bond acceptors (Lipinski definition) is 5. The van der Waals surface area contributed by atoms with E-state index >= 15 is 0 Å². The van der Waals surface area contributed by atoms with Crippen LogP contribution in [0.4, 0.5) is 0 Å². The molecule has 2 aliphatic heterocycles. The third-order valence-corrected chi connectivity index (χ3v) is 7.77. The molecule has 2 heterocycles. The SMILES string of the molecule is Cc1cc(O)c2c(c1-c1cccc(COc3ccc4c(c3)OCC4CC(=O)O)c1)CC2C1CCCO1. The Morgan fingerprint density at radius 2 is 2.06 bits per heavy atom. The van der Waals surface area contributed by atoms with Gasteiger partial charge in [0.1, 0.15) is 23.9 Å². The molecule has 6 nitrogen and oxygen atoms in total. The van der Waals surface area contributed by atoms with Crippen molar-refractivity contribution in [3.8, 4) is 28.4 Å². The van der Waals surface area contributed by atoms with Gasteiger partial charge in [0.25, 0.3) is 0 Å². The molecular formula is C30H30O6. The van der Waals surface area contributed by atoms with Crippen LogP contribution >= 0.6 is 0 Å². The van der Waals surface area contributed by atoms with Crippen LogP contribution in [0.2, 0.25) is 0 Å². The third-order valence-electron chi connectivity index (χ3n) is 7.77. The maximum absolute atomic E-state index is 11.1. The van der Waals surface area contributed by atoms with Crippen LogP contribution in [0.25, 0.3) is 11.1 Å². The molecule has 2 N–H and O–H groups in total. The van der Waals surface area contributed by atoms with E-state index in [1.54, 1.807) is 0 Å². The van der Waals surface area contributed by atoms with Crippen molar-refractivity contribution in [1.82, 2.24) is 0 Å².